The standard InChI is InChI=1S/C17H17FIN/c1-11-6-8-16(14-5-3-2-4-13(11)14)20-17-9-7-12(18)10-15(17)19/h2-5,7,9-11,16,20H,6,8H2,1H3. The molecule has 0 saturated carbocycles. The first-order valence-corrected chi connectivity index (χ1v) is 8.03. The van der Waals surface area contributed by atoms with Crippen LogP contribution in [0, 0.1) is 9.39 Å². The molecule has 0 radical (unpaired) electrons. The molecule has 2 aromatic carbocycles. The van der Waals surface area contributed by atoms with Gasteiger partial charge in [0.2, 0.25) is 0 Å². The van der Waals surface area contributed by atoms with Crippen molar-refractivity contribution >= 4 is 28.3 Å². The number of hydrogen-bond acceptors (Lipinski definition) is 1. The van der Waals surface area contributed by atoms with Crippen molar-refractivity contribution in [1.29, 1.82) is 0 Å². The highest BCUT2D eigenvalue weighted by Crippen LogP contribution is 2.39. The van der Waals surface area contributed by atoms with E-state index in [1.807, 2.05) is 6.07 Å². The van der Waals surface area contributed by atoms with E-state index in [2.05, 4.69) is 59.1 Å². The van der Waals surface area contributed by atoms with Gasteiger partial charge in [-0.1, -0.05) is 31.2 Å². The molecule has 104 valence electrons. The quantitative estimate of drug-likeness (QED) is 0.680. The molecule has 20 heavy (non-hydrogen) atoms. The van der Waals surface area contributed by atoms with Crippen molar-refractivity contribution in [1.82, 2.24) is 0 Å². The Morgan fingerprint density at radius 2 is 1.85 bits per heavy atom. The first-order valence-electron chi connectivity index (χ1n) is 6.95. The molecule has 3 heteroatoms. The highest BCUT2D eigenvalue weighted by atomic mass is 127. The largest absolute Gasteiger partial charge is 0.377 e. The molecule has 0 amide bonds. The first-order chi connectivity index (χ1) is 9.65. The molecular formula is C17H17FIN. The van der Waals surface area contributed by atoms with Crippen LogP contribution in [0.2, 0.25) is 0 Å². The summed E-state index contributed by atoms with van der Waals surface area (Å²) in [5.41, 5.74) is 3.83. The molecule has 0 aliphatic heterocycles. The van der Waals surface area contributed by atoms with E-state index in [9.17, 15) is 4.39 Å². The molecule has 3 rings (SSSR count). The number of halogens is 2. The minimum atomic E-state index is -0.183. The molecule has 0 fully saturated rings. The highest BCUT2D eigenvalue weighted by Gasteiger charge is 2.24. The lowest BCUT2D eigenvalue weighted by Crippen LogP contribution is -2.19. The first kappa shape index (κ1) is 13.9. The summed E-state index contributed by atoms with van der Waals surface area (Å²) in [5, 5.41) is 3.58. The second kappa shape index (κ2) is 5.72. The summed E-state index contributed by atoms with van der Waals surface area (Å²) in [5.74, 6) is 0.439. The Kier molecular flexibility index (Phi) is 3.96. The van der Waals surface area contributed by atoms with E-state index in [4.69, 9.17) is 0 Å². The van der Waals surface area contributed by atoms with Crippen LogP contribution in [0.1, 0.15) is 42.9 Å². The number of hydrogen-bond donors (Lipinski definition) is 1. The van der Waals surface area contributed by atoms with E-state index in [1.54, 1.807) is 6.07 Å². The molecule has 1 aliphatic carbocycles. The van der Waals surface area contributed by atoms with E-state index in [1.165, 1.54) is 23.6 Å². The third-order valence-corrected chi connectivity index (χ3v) is 4.94. The Labute approximate surface area is 132 Å². The van der Waals surface area contributed by atoms with E-state index < -0.39 is 0 Å². The van der Waals surface area contributed by atoms with Crippen molar-refractivity contribution < 1.29 is 4.39 Å². The van der Waals surface area contributed by atoms with Crippen LogP contribution in [0.4, 0.5) is 10.1 Å². The van der Waals surface area contributed by atoms with E-state index in [-0.39, 0.29) is 5.82 Å². The monoisotopic (exact) mass is 381 g/mol. The number of benzene rings is 2. The van der Waals surface area contributed by atoms with Gasteiger partial charge in [0.15, 0.2) is 0 Å². The number of rotatable bonds is 2. The Morgan fingerprint density at radius 1 is 1.10 bits per heavy atom. The fourth-order valence-electron chi connectivity index (χ4n) is 2.95. The molecule has 0 bridgehead atoms. The second-order valence-electron chi connectivity index (χ2n) is 5.43. The van der Waals surface area contributed by atoms with Crippen molar-refractivity contribution in [2.24, 2.45) is 0 Å². The van der Waals surface area contributed by atoms with Gasteiger partial charge in [0.05, 0.1) is 6.04 Å². The predicted octanol–water partition coefficient (Wildman–Crippen LogP) is 5.48. The summed E-state index contributed by atoms with van der Waals surface area (Å²) in [4.78, 5) is 0. The second-order valence-corrected chi connectivity index (χ2v) is 6.59. The van der Waals surface area contributed by atoms with Gasteiger partial charge in [0.25, 0.3) is 0 Å². The lowest BCUT2D eigenvalue weighted by molar-refractivity contribution is 0.534. The van der Waals surface area contributed by atoms with Gasteiger partial charge in [-0.2, -0.15) is 0 Å². The number of fused-ring (bicyclic) bond motifs is 1. The van der Waals surface area contributed by atoms with Crippen LogP contribution >= 0.6 is 22.6 Å². The van der Waals surface area contributed by atoms with Gasteiger partial charge in [-0.15, -0.1) is 0 Å². The summed E-state index contributed by atoms with van der Waals surface area (Å²) in [6, 6.07) is 13.9. The maximum absolute atomic E-state index is 13.2. The average Bonchev–Trinajstić information content (AvgIpc) is 2.45. The lowest BCUT2D eigenvalue weighted by Gasteiger charge is -2.31. The van der Waals surface area contributed by atoms with Gasteiger partial charge < -0.3 is 5.32 Å². The molecule has 1 N–H and O–H groups in total. The van der Waals surface area contributed by atoms with Crippen molar-refractivity contribution in [3.05, 3.63) is 63.0 Å². The Hall–Kier alpha value is -1.10. The maximum atomic E-state index is 13.2. The Morgan fingerprint density at radius 3 is 2.60 bits per heavy atom. The molecule has 0 heterocycles. The molecule has 2 unspecified atom stereocenters. The van der Waals surface area contributed by atoms with Crippen molar-refractivity contribution in [3.8, 4) is 0 Å². The van der Waals surface area contributed by atoms with E-state index in [0.717, 1.165) is 15.7 Å². The van der Waals surface area contributed by atoms with Gasteiger partial charge in [0.1, 0.15) is 5.82 Å². The molecule has 0 aromatic heterocycles. The molecule has 0 saturated heterocycles. The van der Waals surface area contributed by atoms with Gasteiger partial charge in [-0.3, -0.25) is 0 Å². The molecule has 1 nitrogen and oxygen atoms in total. The molecular weight excluding hydrogens is 364 g/mol. The van der Waals surface area contributed by atoms with Crippen molar-refractivity contribution in [3.63, 3.8) is 0 Å². The zero-order valence-corrected chi connectivity index (χ0v) is 13.5. The number of nitrogens with one attached hydrogen (secondary N) is 1. The molecule has 2 atom stereocenters. The predicted molar refractivity (Wildman–Crippen MR) is 89.6 cm³/mol. The average molecular weight is 381 g/mol. The third kappa shape index (κ3) is 2.68. The van der Waals surface area contributed by atoms with Gasteiger partial charge in [0, 0.05) is 9.26 Å². The van der Waals surface area contributed by atoms with Crippen LogP contribution in [0.15, 0.2) is 42.5 Å². The summed E-state index contributed by atoms with van der Waals surface area (Å²) >= 11 is 2.18. The molecule has 2 aromatic rings. The minimum Gasteiger partial charge on any atom is -0.377 e. The summed E-state index contributed by atoms with van der Waals surface area (Å²) in [7, 11) is 0. The minimum absolute atomic E-state index is 0.183. The fourth-order valence-corrected chi connectivity index (χ4v) is 3.58. The fraction of sp³-hybridized carbons (Fsp3) is 0.294. The van der Waals surface area contributed by atoms with Gasteiger partial charge in [-0.05, 0) is 70.7 Å². The van der Waals surface area contributed by atoms with E-state index in [0.29, 0.717) is 12.0 Å². The summed E-state index contributed by atoms with van der Waals surface area (Å²) in [6.45, 7) is 2.29. The van der Waals surface area contributed by atoms with Crippen molar-refractivity contribution in [2.45, 2.75) is 31.7 Å². The highest BCUT2D eigenvalue weighted by molar-refractivity contribution is 14.1. The third-order valence-electron chi connectivity index (χ3n) is 4.05. The smallest absolute Gasteiger partial charge is 0.124 e. The maximum Gasteiger partial charge on any atom is 0.124 e. The van der Waals surface area contributed by atoms with Crippen LogP contribution in [0.3, 0.4) is 0 Å². The Bertz CT molecular complexity index is 626. The van der Waals surface area contributed by atoms with Crippen LogP contribution in [-0.2, 0) is 0 Å². The summed E-state index contributed by atoms with van der Waals surface area (Å²) in [6.07, 6.45) is 2.30. The zero-order valence-electron chi connectivity index (χ0n) is 11.4. The van der Waals surface area contributed by atoms with Gasteiger partial charge in [-0.25, -0.2) is 4.39 Å². The lowest BCUT2D eigenvalue weighted by atomic mass is 9.81. The topological polar surface area (TPSA) is 12.0 Å². The van der Waals surface area contributed by atoms with E-state index >= 15 is 0 Å². The van der Waals surface area contributed by atoms with Crippen molar-refractivity contribution in [2.75, 3.05) is 5.32 Å². The van der Waals surface area contributed by atoms with Crippen LogP contribution < -0.4 is 5.32 Å². The van der Waals surface area contributed by atoms with Crippen LogP contribution in [-0.4, -0.2) is 0 Å². The Balaban J connectivity index is 1.90. The molecule has 1 aliphatic rings. The van der Waals surface area contributed by atoms with Gasteiger partial charge >= 0.3 is 0 Å². The van der Waals surface area contributed by atoms with Crippen LogP contribution in [0.25, 0.3) is 0 Å². The number of anilines is 1. The summed E-state index contributed by atoms with van der Waals surface area (Å²) < 4.78 is 14.1. The zero-order chi connectivity index (χ0) is 14.1. The van der Waals surface area contributed by atoms with Crippen LogP contribution in [0.5, 0.6) is 0 Å². The molecule has 0 spiro atoms. The SMILES string of the molecule is CC1CCC(Nc2ccc(F)cc2I)c2ccccc21. The normalized spacial score (nSPS) is 21.4.